The van der Waals surface area contributed by atoms with Gasteiger partial charge >= 0.3 is 0 Å². The number of nitrogens with one attached hydrogen (secondary N) is 1. The van der Waals surface area contributed by atoms with Crippen LogP contribution in [0.4, 0.5) is 0 Å². The second-order valence-corrected chi connectivity index (χ2v) is 5.47. The molecule has 0 amide bonds. The lowest BCUT2D eigenvalue weighted by Gasteiger charge is -2.21. The van der Waals surface area contributed by atoms with Gasteiger partial charge < -0.3 is 5.32 Å². The van der Waals surface area contributed by atoms with Crippen LogP contribution in [-0.2, 0) is 0 Å². The van der Waals surface area contributed by atoms with Gasteiger partial charge in [0.15, 0.2) is 0 Å². The van der Waals surface area contributed by atoms with Gasteiger partial charge in [0.2, 0.25) is 0 Å². The molecule has 0 radical (unpaired) electrons. The summed E-state index contributed by atoms with van der Waals surface area (Å²) in [5.74, 6) is 0.971. The lowest BCUT2D eigenvalue weighted by Crippen LogP contribution is -2.36. The number of hydrogen-bond donors (Lipinski definition) is 1. The highest BCUT2D eigenvalue weighted by atomic mass is 15.0. The van der Waals surface area contributed by atoms with E-state index in [4.69, 9.17) is 0 Å². The van der Waals surface area contributed by atoms with E-state index in [0.29, 0.717) is 0 Å². The zero-order chi connectivity index (χ0) is 9.80. The van der Waals surface area contributed by atoms with Crippen LogP contribution in [0.5, 0.6) is 0 Å². The predicted molar refractivity (Wildman–Crippen MR) is 61.4 cm³/mol. The minimum absolute atomic E-state index is 0.854. The van der Waals surface area contributed by atoms with Crippen LogP contribution in [0.2, 0.25) is 0 Å². The van der Waals surface area contributed by atoms with Crippen molar-refractivity contribution in [1.82, 2.24) is 5.32 Å². The highest BCUT2D eigenvalue weighted by Crippen LogP contribution is 2.26. The van der Waals surface area contributed by atoms with Crippen molar-refractivity contribution in [2.45, 2.75) is 76.8 Å². The maximum absolute atomic E-state index is 3.89. The van der Waals surface area contributed by atoms with Crippen LogP contribution in [0.25, 0.3) is 0 Å². The maximum Gasteiger partial charge on any atom is 0.00722 e. The summed E-state index contributed by atoms with van der Waals surface area (Å²) >= 11 is 0. The molecule has 2 rings (SSSR count). The van der Waals surface area contributed by atoms with Gasteiger partial charge in [0, 0.05) is 12.1 Å². The number of hydrogen-bond acceptors (Lipinski definition) is 1. The van der Waals surface area contributed by atoms with E-state index in [1.165, 1.54) is 57.8 Å². The first-order chi connectivity index (χ1) is 6.84. The Morgan fingerprint density at radius 1 is 0.786 bits per heavy atom. The molecule has 0 bridgehead atoms. The molecule has 1 nitrogen and oxygen atoms in total. The van der Waals surface area contributed by atoms with Crippen molar-refractivity contribution in [2.24, 2.45) is 5.92 Å². The zero-order valence-electron chi connectivity index (χ0n) is 9.60. The van der Waals surface area contributed by atoms with E-state index >= 15 is 0 Å². The van der Waals surface area contributed by atoms with E-state index in [0.717, 1.165) is 18.0 Å². The van der Waals surface area contributed by atoms with E-state index in [1.807, 2.05) is 0 Å². The van der Waals surface area contributed by atoms with E-state index in [2.05, 4.69) is 12.2 Å². The third-order valence-corrected chi connectivity index (χ3v) is 4.02. The Morgan fingerprint density at radius 3 is 2.07 bits per heavy atom. The van der Waals surface area contributed by atoms with Crippen molar-refractivity contribution in [3.8, 4) is 0 Å². The molecular formula is C13H25N. The van der Waals surface area contributed by atoms with Crippen molar-refractivity contribution in [2.75, 3.05) is 0 Å². The molecule has 0 saturated heterocycles. The van der Waals surface area contributed by atoms with Gasteiger partial charge in [-0.15, -0.1) is 0 Å². The summed E-state index contributed by atoms with van der Waals surface area (Å²) in [7, 11) is 0. The Morgan fingerprint density at radius 2 is 1.50 bits per heavy atom. The summed E-state index contributed by atoms with van der Waals surface area (Å²) in [6.07, 6.45) is 13.0. The molecule has 1 heteroatoms. The molecule has 14 heavy (non-hydrogen) atoms. The average Bonchev–Trinajstić information content (AvgIpc) is 2.43. The Bertz CT molecular complexity index is 159. The molecule has 0 spiro atoms. The summed E-state index contributed by atoms with van der Waals surface area (Å²) in [6, 6.07) is 1.71. The summed E-state index contributed by atoms with van der Waals surface area (Å²) in [5, 5.41) is 3.89. The summed E-state index contributed by atoms with van der Waals surface area (Å²) < 4.78 is 0. The van der Waals surface area contributed by atoms with Crippen LogP contribution < -0.4 is 5.32 Å². The molecule has 2 fully saturated rings. The van der Waals surface area contributed by atoms with E-state index < -0.39 is 0 Å². The van der Waals surface area contributed by atoms with Gasteiger partial charge in [-0.05, 0) is 38.0 Å². The molecule has 2 saturated carbocycles. The molecule has 0 aromatic rings. The predicted octanol–water partition coefficient (Wildman–Crippen LogP) is 3.49. The monoisotopic (exact) mass is 195 g/mol. The Labute approximate surface area is 88.7 Å². The van der Waals surface area contributed by atoms with Crippen molar-refractivity contribution in [3.05, 3.63) is 0 Å². The molecule has 2 atom stereocenters. The molecule has 2 aliphatic carbocycles. The topological polar surface area (TPSA) is 12.0 Å². The molecule has 1 N–H and O–H groups in total. The first-order valence-corrected chi connectivity index (χ1v) is 6.60. The minimum Gasteiger partial charge on any atom is -0.311 e. The lowest BCUT2D eigenvalue weighted by molar-refractivity contribution is 0.390. The molecule has 0 aromatic carbocycles. The van der Waals surface area contributed by atoms with Crippen LogP contribution in [0.1, 0.15) is 64.7 Å². The smallest absolute Gasteiger partial charge is 0.00722 e. The zero-order valence-corrected chi connectivity index (χ0v) is 9.60. The molecule has 82 valence electrons. The lowest BCUT2D eigenvalue weighted by atomic mass is 10.1. The van der Waals surface area contributed by atoms with Gasteiger partial charge in [0.25, 0.3) is 0 Å². The van der Waals surface area contributed by atoms with Gasteiger partial charge in [-0.2, -0.15) is 0 Å². The highest BCUT2D eigenvalue weighted by molar-refractivity contribution is 4.82. The molecule has 2 aliphatic rings. The molecule has 0 heterocycles. The van der Waals surface area contributed by atoms with Gasteiger partial charge in [0.1, 0.15) is 0 Å². The second-order valence-electron chi connectivity index (χ2n) is 5.47. The van der Waals surface area contributed by atoms with E-state index in [1.54, 1.807) is 0 Å². The molecule has 0 aromatic heterocycles. The molecule has 0 aliphatic heterocycles. The normalized spacial score (nSPS) is 35.8. The molecular weight excluding hydrogens is 170 g/mol. The standard InChI is InChI=1S/C13H25N/c1-11-8-9-13(10-11)14-12-6-4-2-3-5-7-12/h11-14H,2-10H2,1H3/t11-,13-/m0/s1. The fraction of sp³-hybridized carbons (Fsp3) is 1.00. The highest BCUT2D eigenvalue weighted by Gasteiger charge is 2.23. The van der Waals surface area contributed by atoms with E-state index in [9.17, 15) is 0 Å². The Balaban J connectivity index is 1.72. The second kappa shape index (κ2) is 5.16. The van der Waals surface area contributed by atoms with Gasteiger partial charge in [0.05, 0.1) is 0 Å². The minimum atomic E-state index is 0.854. The summed E-state index contributed by atoms with van der Waals surface area (Å²) in [5.41, 5.74) is 0. The SMILES string of the molecule is C[C@H]1CC[C@H](NC2CCCCCC2)C1. The fourth-order valence-electron chi connectivity index (χ4n) is 3.14. The van der Waals surface area contributed by atoms with Crippen LogP contribution in [0.3, 0.4) is 0 Å². The van der Waals surface area contributed by atoms with Crippen LogP contribution in [0, 0.1) is 5.92 Å². The van der Waals surface area contributed by atoms with Gasteiger partial charge in [-0.1, -0.05) is 32.6 Å². The van der Waals surface area contributed by atoms with Crippen LogP contribution in [-0.4, -0.2) is 12.1 Å². The van der Waals surface area contributed by atoms with Crippen molar-refractivity contribution < 1.29 is 0 Å². The third kappa shape index (κ3) is 2.98. The first-order valence-electron chi connectivity index (χ1n) is 6.60. The van der Waals surface area contributed by atoms with Crippen LogP contribution in [0.15, 0.2) is 0 Å². The fourth-order valence-corrected chi connectivity index (χ4v) is 3.14. The van der Waals surface area contributed by atoms with Gasteiger partial charge in [-0.3, -0.25) is 0 Å². The van der Waals surface area contributed by atoms with Crippen LogP contribution >= 0.6 is 0 Å². The average molecular weight is 195 g/mol. The summed E-state index contributed by atoms with van der Waals surface area (Å²) in [4.78, 5) is 0. The third-order valence-electron chi connectivity index (χ3n) is 4.02. The first kappa shape index (κ1) is 10.5. The number of rotatable bonds is 2. The van der Waals surface area contributed by atoms with Crippen molar-refractivity contribution in [1.29, 1.82) is 0 Å². The van der Waals surface area contributed by atoms with Crippen molar-refractivity contribution in [3.63, 3.8) is 0 Å². The van der Waals surface area contributed by atoms with E-state index in [-0.39, 0.29) is 0 Å². The molecule has 0 unspecified atom stereocenters. The van der Waals surface area contributed by atoms with Crippen molar-refractivity contribution >= 4 is 0 Å². The quantitative estimate of drug-likeness (QED) is 0.665. The summed E-state index contributed by atoms with van der Waals surface area (Å²) in [6.45, 7) is 2.40. The Kier molecular flexibility index (Phi) is 3.86. The largest absolute Gasteiger partial charge is 0.311 e. The van der Waals surface area contributed by atoms with Gasteiger partial charge in [-0.25, -0.2) is 0 Å². The maximum atomic E-state index is 3.89. The Hall–Kier alpha value is -0.0400.